The van der Waals surface area contributed by atoms with Crippen LogP contribution in [-0.2, 0) is 4.74 Å². The lowest BCUT2D eigenvalue weighted by molar-refractivity contribution is 0.0270. The third-order valence-electron chi connectivity index (χ3n) is 3.12. The Labute approximate surface area is 129 Å². The number of nitrogens with zero attached hydrogens (tertiary/aromatic N) is 1. The number of β-amino-alcohol motifs (C(OH)–C–C–N with tert-alkyl or cyclic N) is 1. The van der Waals surface area contributed by atoms with Gasteiger partial charge >= 0.3 is 6.09 Å². The van der Waals surface area contributed by atoms with Crippen molar-refractivity contribution in [1.82, 2.24) is 4.90 Å². The number of likely N-dealkylation sites (tertiary alicyclic amines) is 1. The fourth-order valence-electron chi connectivity index (χ4n) is 2.20. The standard InChI is InChI=1S/C15H21ClN2O3/c1-15(2,3)21-14(20)18-8-12(13(19)9-18)17-11-6-4-5-10(16)7-11/h4-7,12-13,17,19H,8-9H2,1-3H3/t12-,13-/m1/s1. The first kappa shape index (κ1) is 15.9. The summed E-state index contributed by atoms with van der Waals surface area (Å²) in [4.78, 5) is 13.5. The molecule has 1 aromatic carbocycles. The van der Waals surface area contributed by atoms with Crippen molar-refractivity contribution < 1.29 is 14.6 Å². The van der Waals surface area contributed by atoms with Gasteiger partial charge in [0.05, 0.1) is 18.7 Å². The van der Waals surface area contributed by atoms with E-state index in [-0.39, 0.29) is 12.6 Å². The van der Waals surface area contributed by atoms with Gasteiger partial charge in [-0.3, -0.25) is 0 Å². The van der Waals surface area contributed by atoms with Crippen LogP contribution in [0.5, 0.6) is 0 Å². The topological polar surface area (TPSA) is 61.8 Å². The molecule has 0 bridgehead atoms. The molecule has 0 aromatic heterocycles. The number of anilines is 1. The van der Waals surface area contributed by atoms with E-state index < -0.39 is 17.8 Å². The van der Waals surface area contributed by atoms with Crippen LogP contribution < -0.4 is 5.32 Å². The van der Waals surface area contributed by atoms with Gasteiger partial charge in [-0.05, 0) is 39.0 Å². The number of ether oxygens (including phenoxy) is 1. The Morgan fingerprint density at radius 3 is 2.76 bits per heavy atom. The van der Waals surface area contributed by atoms with E-state index >= 15 is 0 Å². The molecule has 0 aliphatic carbocycles. The Hall–Kier alpha value is -1.46. The molecule has 1 fully saturated rings. The van der Waals surface area contributed by atoms with Gasteiger partial charge in [0, 0.05) is 17.3 Å². The lowest BCUT2D eigenvalue weighted by Crippen LogP contribution is -2.36. The molecule has 21 heavy (non-hydrogen) atoms. The monoisotopic (exact) mass is 312 g/mol. The summed E-state index contributed by atoms with van der Waals surface area (Å²) in [6, 6.07) is 7.03. The Kier molecular flexibility index (Phi) is 4.64. The minimum absolute atomic E-state index is 0.240. The van der Waals surface area contributed by atoms with Crippen LogP contribution in [0.4, 0.5) is 10.5 Å². The number of nitrogens with one attached hydrogen (secondary N) is 1. The molecule has 1 saturated heterocycles. The molecule has 0 unspecified atom stereocenters. The van der Waals surface area contributed by atoms with E-state index in [0.29, 0.717) is 11.6 Å². The number of rotatable bonds is 2. The Morgan fingerprint density at radius 1 is 1.43 bits per heavy atom. The van der Waals surface area contributed by atoms with Gasteiger partial charge in [0.2, 0.25) is 0 Å². The van der Waals surface area contributed by atoms with Gasteiger partial charge in [-0.1, -0.05) is 17.7 Å². The minimum atomic E-state index is -0.642. The highest BCUT2D eigenvalue weighted by Crippen LogP contribution is 2.21. The largest absolute Gasteiger partial charge is 0.444 e. The van der Waals surface area contributed by atoms with Crippen molar-refractivity contribution in [2.75, 3.05) is 18.4 Å². The summed E-state index contributed by atoms with van der Waals surface area (Å²) in [6.45, 7) is 6.10. The average molecular weight is 313 g/mol. The number of hydrogen-bond acceptors (Lipinski definition) is 4. The third kappa shape index (κ3) is 4.51. The summed E-state index contributed by atoms with van der Waals surface area (Å²) in [5.41, 5.74) is 0.276. The van der Waals surface area contributed by atoms with Gasteiger partial charge in [0.25, 0.3) is 0 Å². The molecule has 1 aromatic rings. The van der Waals surface area contributed by atoms with Crippen molar-refractivity contribution in [3.63, 3.8) is 0 Å². The van der Waals surface area contributed by atoms with Gasteiger partial charge in [-0.15, -0.1) is 0 Å². The zero-order valence-corrected chi connectivity index (χ0v) is 13.2. The second-order valence-corrected chi connectivity index (χ2v) is 6.65. The normalized spacial score (nSPS) is 22.2. The molecule has 2 rings (SSSR count). The maximum absolute atomic E-state index is 12.0. The molecule has 0 radical (unpaired) electrons. The van der Waals surface area contributed by atoms with Gasteiger partial charge in [-0.25, -0.2) is 4.79 Å². The fourth-order valence-corrected chi connectivity index (χ4v) is 2.39. The van der Waals surface area contributed by atoms with E-state index in [1.807, 2.05) is 32.9 Å². The number of benzene rings is 1. The lowest BCUT2D eigenvalue weighted by atomic mass is 10.2. The summed E-state index contributed by atoms with van der Waals surface area (Å²) in [5.74, 6) is 0. The number of carbonyl (C=O) groups excluding carboxylic acids is 1. The third-order valence-corrected chi connectivity index (χ3v) is 3.35. The van der Waals surface area contributed by atoms with Gasteiger partial charge in [0.1, 0.15) is 5.60 Å². The SMILES string of the molecule is CC(C)(C)OC(=O)N1C[C@@H](O)[C@H](Nc2cccc(Cl)c2)C1. The van der Waals surface area contributed by atoms with Crippen molar-refractivity contribution in [3.8, 4) is 0 Å². The highest BCUT2D eigenvalue weighted by Gasteiger charge is 2.36. The Bertz CT molecular complexity index is 516. The predicted octanol–water partition coefficient (Wildman–Crippen LogP) is 2.73. The van der Waals surface area contributed by atoms with Crippen LogP contribution in [0, 0.1) is 0 Å². The zero-order chi connectivity index (χ0) is 15.6. The Balaban J connectivity index is 1.96. The summed E-state index contributed by atoms with van der Waals surface area (Å²) in [5, 5.41) is 13.9. The van der Waals surface area contributed by atoms with Gasteiger partial charge in [-0.2, -0.15) is 0 Å². The van der Waals surface area contributed by atoms with Crippen molar-refractivity contribution in [2.45, 2.75) is 38.5 Å². The van der Waals surface area contributed by atoms with E-state index in [2.05, 4.69) is 5.32 Å². The lowest BCUT2D eigenvalue weighted by Gasteiger charge is -2.24. The molecule has 6 heteroatoms. The number of aliphatic hydroxyl groups excluding tert-OH is 1. The van der Waals surface area contributed by atoms with Crippen LogP contribution in [0.1, 0.15) is 20.8 Å². The molecular formula is C15H21ClN2O3. The summed E-state index contributed by atoms with van der Waals surface area (Å²) < 4.78 is 5.31. The maximum Gasteiger partial charge on any atom is 0.410 e. The van der Waals surface area contributed by atoms with E-state index in [1.54, 1.807) is 12.1 Å². The van der Waals surface area contributed by atoms with Crippen LogP contribution in [0.15, 0.2) is 24.3 Å². The molecule has 1 heterocycles. The van der Waals surface area contributed by atoms with Crippen LogP contribution in [0.2, 0.25) is 5.02 Å². The van der Waals surface area contributed by atoms with E-state index in [9.17, 15) is 9.90 Å². The summed E-state index contributed by atoms with van der Waals surface area (Å²) >= 11 is 5.93. The number of carbonyl (C=O) groups is 1. The van der Waals surface area contributed by atoms with Crippen molar-refractivity contribution >= 4 is 23.4 Å². The molecule has 2 atom stereocenters. The van der Waals surface area contributed by atoms with E-state index in [4.69, 9.17) is 16.3 Å². The second-order valence-electron chi connectivity index (χ2n) is 6.21. The smallest absolute Gasteiger partial charge is 0.410 e. The highest BCUT2D eigenvalue weighted by atomic mass is 35.5. The van der Waals surface area contributed by atoms with Gasteiger partial charge < -0.3 is 20.1 Å². The second kappa shape index (κ2) is 6.12. The van der Waals surface area contributed by atoms with E-state index in [1.165, 1.54) is 4.90 Å². The van der Waals surface area contributed by atoms with Gasteiger partial charge in [0.15, 0.2) is 0 Å². The van der Waals surface area contributed by atoms with Crippen LogP contribution in [-0.4, -0.2) is 46.9 Å². The predicted molar refractivity (Wildman–Crippen MR) is 82.7 cm³/mol. The summed E-state index contributed by atoms with van der Waals surface area (Å²) in [6.07, 6.45) is -1.05. The molecular weight excluding hydrogens is 292 g/mol. The first-order valence-electron chi connectivity index (χ1n) is 6.93. The molecule has 1 amide bonds. The van der Waals surface area contributed by atoms with Crippen molar-refractivity contribution in [3.05, 3.63) is 29.3 Å². The van der Waals surface area contributed by atoms with Crippen molar-refractivity contribution in [1.29, 1.82) is 0 Å². The molecule has 1 aliphatic rings. The molecule has 116 valence electrons. The number of hydrogen-bond donors (Lipinski definition) is 2. The van der Waals surface area contributed by atoms with Crippen LogP contribution in [0.25, 0.3) is 0 Å². The van der Waals surface area contributed by atoms with E-state index in [0.717, 1.165) is 5.69 Å². The Morgan fingerprint density at radius 2 is 2.14 bits per heavy atom. The number of amides is 1. The molecule has 2 N–H and O–H groups in total. The quantitative estimate of drug-likeness (QED) is 0.881. The van der Waals surface area contributed by atoms with Crippen LogP contribution in [0.3, 0.4) is 0 Å². The summed E-state index contributed by atoms with van der Waals surface area (Å²) in [7, 11) is 0. The number of halogens is 1. The maximum atomic E-state index is 12.0. The minimum Gasteiger partial charge on any atom is -0.444 e. The molecule has 0 spiro atoms. The molecule has 0 saturated carbocycles. The fraction of sp³-hybridized carbons (Fsp3) is 0.533. The first-order valence-corrected chi connectivity index (χ1v) is 7.30. The highest BCUT2D eigenvalue weighted by molar-refractivity contribution is 6.30. The molecule has 1 aliphatic heterocycles. The molecule has 5 nitrogen and oxygen atoms in total. The van der Waals surface area contributed by atoms with Crippen LogP contribution >= 0.6 is 11.6 Å². The number of aliphatic hydroxyl groups is 1. The first-order chi connectivity index (χ1) is 9.74. The van der Waals surface area contributed by atoms with Crippen molar-refractivity contribution in [2.24, 2.45) is 0 Å². The zero-order valence-electron chi connectivity index (χ0n) is 12.5. The average Bonchev–Trinajstić information content (AvgIpc) is 2.69.